The summed E-state index contributed by atoms with van der Waals surface area (Å²) in [5.41, 5.74) is 1.91. The van der Waals surface area contributed by atoms with Gasteiger partial charge in [0.2, 0.25) is 0 Å². The Balaban J connectivity index is 1.59. The summed E-state index contributed by atoms with van der Waals surface area (Å²) in [5.74, 6) is 0.820. The molecule has 0 bridgehead atoms. The fraction of sp³-hybridized carbons (Fsp3) is 0.611. The molecule has 4 nitrogen and oxygen atoms in total. The van der Waals surface area contributed by atoms with Crippen LogP contribution in [0.5, 0.6) is 0 Å². The summed E-state index contributed by atoms with van der Waals surface area (Å²) < 4.78 is 0. The molecular formula is C18H26N2O2. The second kappa shape index (κ2) is 6.69. The van der Waals surface area contributed by atoms with Crippen molar-refractivity contribution in [2.24, 2.45) is 5.92 Å². The van der Waals surface area contributed by atoms with Crippen LogP contribution in [0.2, 0.25) is 0 Å². The highest BCUT2D eigenvalue weighted by molar-refractivity contribution is 5.94. The van der Waals surface area contributed by atoms with E-state index in [1.165, 1.54) is 19.3 Å². The van der Waals surface area contributed by atoms with Gasteiger partial charge in [0.1, 0.15) is 0 Å². The number of piperidine rings is 1. The molecule has 0 unspecified atom stereocenters. The van der Waals surface area contributed by atoms with E-state index in [0.29, 0.717) is 5.92 Å². The van der Waals surface area contributed by atoms with Crippen LogP contribution in [-0.4, -0.2) is 48.7 Å². The molecule has 1 aromatic rings. The van der Waals surface area contributed by atoms with Gasteiger partial charge in [0.15, 0.2) is 0 Å². The third-order valence-electron chi connectivity index (χ3n) is 5.05. The van der Waals surface area contributed by atoms with Gasteiger partial charge in [-0.1, -0.05) is 6.42 Å². The van der Waals surface area contributed by atoms with Crippen molar-refractivity contribution in [3.05, 3.63) is 29.8 Å². The van der Waals surface area contributed by atoms with Crippen LogP contribution < -0.4 is 4.90 Å². The number of rotatable bonds is 4. The van der Waals surface area contributed by atoms with Crippen molar-refractivity contribution in [1.82, 2.24) is 4.90 Å². The van der Waals surface area contributed by atoms with E-state index < -0.39 is 0 Å². The van der Waals surface area contributed by atoms with Gasteiger partial charge in [-0.05, 0) is 55.9 Å². The van der Waals surface area contributed by atoms with Crippen molar-refractivity contribution in [1.29, 1.82) is 0 Å². The zero-order valence-corrected chi connectivity index (χ0v) is 13.4. The number of amides is 1. The standard InChI is InChI=1S/C18H26N2O2/c1-19(13-14-3-2-4-14)18(22)15-5-7-16(8-6-15)20-11-9-17(21)10-12-20/h5-8,14,17,21H,2-4,9-13H2,1H3. The first kappa shape index (κ1) is 15.3. The molecule has 2 aliphatic rings. The minimum Gasteiger partial charge on any atom is -0.393 e. The molecule has 0 atom stereocenters. The van der Waals surface area contributed by atoms with E-state index in [-0.39, 0.29) is 12.0 Å². The maximum atomic E-state index is 12.4. The zero-order valence-electron chi connectivity index (χ0n) is 13.4. The van der Waals surface area contributed by atoms with Gasteiger partial charge < -0.3 is 14.9 Å². The summed E-state index contributed by atoms with van der Waals surface area (Å²) >= 11 is 0. The number of nitrogens with zero attached hydrogens (tertiary/aromatic N) is 2. The second-order valence-corrected chi connectivity index (χ2v) is 6.75. The molecule has 1 aliphatic heterocycles. The fourth-order valence-electron chi connectivity index (χ4n) is 3.30. The molecule has 1 saturated carbocycles. The van der Waals surface area contributed by atoms with Crippen LogP contribution in [0, 0.1) is 5.92 Å². The Morgan fingerprint density at radius 1 is 1.18 bits per heavy atom. The molecule has 1 amide bonds. The number of anilines is 1. The quantitative estimate of drug-likeness (QED) is 0.929. The molecular weight excluding hydrogens is 276 g/mol. The topological polar surface area (TPSA) is 43.8 Å². The minimum atomic E-state index is -0.155. The molecule has 22 heavy (non-hydrogen) atoms. The number of hydrogen-bond acceptors (Lipinski definition) is 3. The van der Waals surface area contributed by atoms with E-state index in [9.17, 15) is 9.90 Å². The van der Waals surface area contributed by atoms with Crippen molar-refractivity contribution < 1.29 is 9.90 Å². The van der Waals surface area contributed by atoms with Gasteiger partial charge in [-0.3, -0.25) is 4.79 Å². The summed E-state index contributed by atoms with van der Waals surface area (Å²) in [6, 6.07) is 7.92. The minimum absolute atomic E-state index is 0.118. The molecule has 1 aromatic carbocycles. The lowest BCUT2D eigenvalue weighted by Gasteiger charge is -2.32. The van der Waals surface area contributed by atoms with Crippen molar-refractivity contribution >= 4 is 11.6 Å². The molecule has 1 heterocycles. The van der Waals surface area contributed by atoms with Crippen LogP contribution in [0.25, 0.3) is 0 Å². The Bertz CT molecular complexity index is 502. The first-order valence-corrected chi connectivity index (χ1v) is 8.42. The van der Waals surface area contributed by atoms with Gasteiger partial charge in [-0.2, -0.15) is 0 Å². The highest BCUT2D eigenvalue weighted by Crippen LogP contribution is 2.27. The smallest absolute Gasteiger partial charge is 0.253 e. The number of benzene rings is 1. The lowest BCUT2D eigenvalue weighted by atomic mass is 9.85. The van der Waals surface area contributed by atoms with Crippen molar-refractivity contribution in [3.63, 3.8) is 0 Å². The molecule has 3 rings (SSSR count). The molecule has 0 aromatic heterocycles. The van der Waals surface area contributed by atoms with E-state index >= 15 is 0 Å². The van der Waals surface area contributed by atoms with Gasteiger partial charge >= 0.3 is 0 Å². The number of carbonyl (C=O) groups excluding carboxylic acids is 1. The van der Waals surface area contributed by atoms with Crippen molar-refractivity contribution in [3.8, 4) is 0 Å². The van der Waals surface area contributed by atoms with Gasteiger partial charge in [-0.25, -0.2) is 0 Å². The van der Waals surface area contributed by atoms with E-state index in [0.717, 1.165) is 43.7 Å². The average Bonchev–Trinajstić information content (AvgIpc) is 2.51. The normalized spacial score (nSPS) is 19.8. The van der Waals surface area contributed by atoms with Crippen LogP contribution in [0.1, 0.15) is 42.5 Å². The van der Waals surface area contributed by atoms with Gasteiger partial charge in [0.25, 0.3) is 5.91 Å². The largest absolute Gasteiger partial charge is 0.393 e. The zero-order chi connectivity index (χ0) is 15.5. The van der Waals surface area contributed by atoms with Crippen LogP contribution in [0.3, 0.4) is 0 Å². The van der Waals surface area contributed by atoms with Crippen molar-refractivity contribution in [2.45, 2.75) is 38.2 Å². The Kier molecular flexibility index (Phi) is 4.67. The number of hydrogen-bond donors (Lipinski definition) is 1. The summed E-state index contributed by atoms with van der Waals surface area (Å²) in [6.07, 6.45) is 5.33. The van der Waals surface area contributed by atoms with Crippen LogP contribution >= 0.6 is 0 Å². The van der Waals surface area contributed by atoms with Crippen molar-refractivity contribution in [2.75, 3.05) is 31.6 Å². The molecule has 1 N–H and O–H groups in total. The fourth-order valence-corrected chi connectivity index (χ4v) is 3.30. The summed E-state index contributed by atoms with van der Waals surface area (Å²) in [5, 5.41) is 9.57. The first-order valence-electron chi connectivity index (χ1n) is 8.42. The third kappa shape index (κ3) is 3.43. The maximum Gasteiger partial charge on any atom is 0.253 e. The van der Waals surface area contributed by atoms with Crippen LogP contribution in [0.4, 0.5) is 5.69 Å². The highest BCUT2D eigenvalue weighted by Gasteiger charge is 2.22. The van der Waals surface area contributed by atoms with E-state index in [4.69, 9.17) is 0 Å². The van der Waals surface area contributed by atoms with Gasteiger partial charge in [0, 0.05) is 37.9 Å². The predicted octanol–water partition coefficient (Wildman–Crippen LogP) is 2.52. The van der Waals surface area contributed by atoms with Gasteiger partial charge in [0.05, 0.1) is 6.10 Å². The highest BCUT2D eigenvalue weighted by atomic mass is 16.3. The monoisotopic (exact) mass is 302 g/mol. The Morgan fingerprint density at radius 3 is 2.36 bits per heavy atom. The van der Waals surface area contributed by atoms with Crippen LogP contribution in [0.15, 0.2) is 24.3 Å². The second-order valence-electron chi connectivity index (χ2n) is 6.75. The third-order valence-corrected chi connectivity index (χ3v) is 5.05. The number of aliphatic hydroxyl groups is 1. The maximum absolute atomic E-state index is 12.4. The molecule has 1 saturated heterocycles. The summed E-state index contributed by atoms with van der Waals surface area (Å²) in [4.78, 5) is 16.6. The molecule has 0 spiro atoms. The molecule has 2 fully saturated rings. The Labute approximate surface area is 132 Å². The number of aliphatic hydroxyl groups excluding tert-OH is 1. The van der Waals surface area contributed by atoms with Gasteiger partial charge in [-0.15, -0.1) is 0 Å². The summed E-state index contributed by atoms with van der Waals surface area (Å²) in [7, 11) is 1.90. The Hall–Kier alpha value is -1.55. The number of carbonyl (C=O) groups is 1. The molecule has 1 aliphatic carbocycles. The first-order chi connectivity index (χ1) is 10.6. The van der Waals surface area contributed by atoms with Crippen LogP contribution in [-0.2, 0) is 0 Å². The average molecular weight is 302 g/mol. The van der Waals surface area contributed by atoms with E-state index in [1.54, 1.807) is 0 Å². The summed E-state index contributed by atoms with van der Waals surface area (Å²) in [6.45, 7) is 2.65. The molecule has 4 heteroatoms. The Morgan fingerprint density at radius 2 is 1.82 bits per heavy atom. The molecule has 120 valence electrons. The lowest BCUT2D eigenvalue weighted by Crippen LogP contribution is -2.36. The predicted molar refractivity (Wildman–Crippen MR) is 88.2 cm³/mol. The SMILES string of the molecule is CN(CC1CCC1)C(=O)c1ccc(N2CCC(O)CC2)cc1. The molecule has 0 radical (unpaired) electrons. The van der Waals surface area contributed by atoms with E-state index in [1.807, 2.05) is 36.2 Å². The van der Waals surface area contributed by atoms with E-state index in [2.05, 4.69) is 4.90 Å². The lowest BCUT2D eigenvalue weighted by molar-refractivity contribution is 0.0745.